The van der Waals surface area contributed by atoms with E-state index in [2.05, 4.69) is 11.4 Å². The molecule has 3 N–H and O–H groups in total. The summed E-state index contributed by atoms with van der Waals surface area (Å²) in [5.74, 6) is 0.601. The van der Waals surface area contributed by atoms with E-state index in [0.29, 0.717) is 24.6 Å². The van der Waals surface area contributed by atoms with Gasteiger partial charge in [0.25, 0.3) is 0 Å². The van der Waals surface area contributed by atoms with E-state index in [9.17, 15) is 4.79 Å². The van der Waals surface area contributed by atoms with E-state index in [1.807, 2.05) is 25.1 Å². The van der Waals surface area contributed by atoms with Crippen LogP contribution in [-0.2, 0) is 4.79 Å². The molecule has 0 atom stereocenters. The van der Waals surface area contributed by atoms with Crippen LogP contribution in [0.15, 0.2) is 35.9 Å². The molecule has 0 saturated carbocycles. The highest BCUT2D eigenvalue weighted by molar-refractivity contribution is 5.91. The fourth-order valence-electron chi connectivity index (χ4n) is 2.67. The molecule has 0 saturated heterocycles. The molecule has 0 radical (unpaired) electrons. The maximum Gasteiger partial charge on any atom is 0.244 e. The number of nitrogen functional groups attached to an aromatic ring is 1. The van der Waals surface area contributed by atoms with Gasteiger partial charge >= 0.3 is 0 Å². The average Bonchev–Trinajstić information content (AvgIpc) is 2.56. The minimum absolute atomic E-state index is 0.0751. The normalized spacial score (nSPS) is 14.6. The first-order valence-electron chi connectivity index (χ1n) is 8.35. The second kappa shape index (κ2) is 9.03. The van der Waals surface area contributed by atoms with Gasteiger partial charge in [0.05, 0.1) is 12.3 Å². The van der Waals surface area contributed by atoms with Gasteiger partial charge < -0.3 is 15.8 Å². The molecule has 1 aromatic carbocycles. The van der Waals surface area contributed by atoms with Crippen LogP contribution in [0.4, 0.5) is 5.69 Å². The zero-order chi connectivity index (χ0) is 16.5. The number of hydrogen-bond donors (Lipinski definition) is 2. The Morgan fingerprint density at radius 3 is 2.96 bits per heavy atom. The van der Waals surface area contributed by atoms with Crippen molar-refractivity contribution in [3.8, 4) is 5.75 Å². The highest BCUT2D eigenvalue weighted by atomic mass is 16.5. The number of carbonyl (C=O) groups excluding carboxylic acids is 1. The van der Waals surface area contributed by atoms with Gasteiger partial charge in [-0.2, -0.15) is 0 Å². The molecule has 0 aromatic heterocycles. The monoisotopic (exact) mass is 314 g/mol. The summed E-state index contributed by atoms with van der Waals surface area (Å²) in [7, 11) is 0. The molecule has 1 aromatic rings. The first-order valence-corrected chi connectivity index (χ1v) is 8.35. The van der Waals surface area contributed by atoms with Gasteiger partial charge in [0.2, 0.25) is 5.91 Å². The van der Waals surface area contributed by atoms with Crippen LogP contribution in [0.2, 0.25) is 0 Å². The summed E-state index contributed by atoms with van der Waals surface area (Å²) in [4.78, 5) is 11.8. The van der Waals surface area contributed by atoms with Crippen molar-refractivity contribution in [2.45, 2.75) is 39.0 Å². The van der Waals surface area contributed by atoms with Gasteiger partial charge in [-0.05, 0) is 62.8 Å². The number of nitrogens with two attached hydrogens (primary N) is 1. The second-order valence-electron chi connectivity index (χ2n) is 5.71. The standard InChI is InChI=1S/C19H26N2O2/c1-2-23-18-10-8-16(14-17(18)20)9-11-19(22)21-13-12-15-6-4-3-5-7-15/h6,8-11,14H,2-5,7,12-13,20H2,1H3,(H,21,22)/b11-9-. The number of rotatable bonds is 7. The first-order chi connectivity index (χ1) is 11.2. The summed E-state index contributed by atoms with van der Waals surface area (Å²) >= 11 is 0. The Bertz CT molecular complexity index is 591. The third-order valence-electron chi connectivity index (χ3n) is 3.89. The number of anilines is 1. The van der Waals surface area contributed by atoms with E-state index in [4.69, 9.17) is 10.5 Å². The predicted octanol–water partition coefficient (Wildman–Crippen LogP) is 3.69. The molecule has 1 aliphatic rings. The molecule has 1 aliphatic carbocycles. The van der Waals surface area contributed by atoms with Gasteiger partial charge in [0.1, 0.15) is 5.75 Å². The molecule has 4 nitrogen and oxygen atoms in total. The van der Waals surface area contributed by atoms with Crippen molar-refractivity contribution in [2.24, 2.45) is 0 Å². The van der Waals surface area contributed by atoms with Crippen molar-refractivity contribution in [1.29, 1.82) is 0 Å². The van der Waals surface area contributed by atoms with Gasteiger partial charge in [-0.1, -0.05) is 17.7 Å². The van der Waals surface area contributed by atoms with Crippen molar-refractivity contribution >= 4 is 17.7 Å². The second-order valence-corrected chi connectivity index (χ2v) is 5.71. The first kappa shape index (κ1) is 17.1. The summed E-state index contributed by atoms with van der Waals surface area (Å²) < 4.78 is 5.39. The summed E-state index contributed by atoms with van der Waals surface area (Å²) in [6.07, 6.45) is 11.5. The van der Waals surface area contributed by atoms with Crippen LogP contribution >= 0.6 is 0 Å². The summed E-state index contributed by atoms with van der Waals surface area (Å²) in [6.45, 7) is 3.19. The maximum absolute atomic E-state index is 11.8. The van der Waals surface area contributed by atoms with Gasteiger partial charge in [-0.3, -0.25) is 4.79 Å². The summed E-state index contributed by atoms with van der Waals surface area (Å²) in [6, 6.07) is 5.52. The van der Waals surface area contributed by atoms with Crippen LogP contribution in [-0.4, -0.2) is 19.1 Å². The Labute approximate surface area is 138 Å². The molecule has 0 spiro atoms. The topological polar surface area (TPSA) is 64.3 Å². The molecule has 0 fully saturated rings. The van der Waals surface area contributed by atoms with Crippen molar-refractivity contribution in [3.05, 3.63) is 41.5 Å². The van der Waals surface area contributed by atoms with Crippen LogP contribution in [0.5, 0.6) is 5.75 Å². The highest BCUT2D eigenvalue weighted by Gasteiger charge is 2.04. The van der Waals surface area contributed by atoms with Crippen molar-refractivity contribution in [2.75, 3.05) is 18.9 Å². The zero-order valence-electron chi connectivity index (χ0n) is 13.8. The Hall–Kier alpha value is -2.23. The average molecular weight is 314 g/mol. The number of ether oxygens (including phenoxy) is 1. The van der Waals surface area contributed by atoms with Crippen LogP contribution in [0.1, 0.15) is 44.6 Å². The third kappa shape index (κ3) is 5.81. The van der Waals surface area contributed by atoms with E-state index in [1.54, 1.807) is 12.2 Å². The van der Waals surface area contributed by atoms with E-state index in [1.165, 1.54) is 31.3 Å². The minimum Gasteiger partial charge on any atom is -0.492 e. The molecule has 0 heterocycles. The molecule has 1 amide bonds. The minimum atomic E-state index is -0.0751. The van der Waals surface area contributed by atoms with Crippen LogP contribution < -0.4 is 15.8 Å². The molecular formula is C19H26N2O2. The summed E-state index contributed by atoms with van der Waals surface area (Å²) in [5.41, 5.74) is 8.85. The van der Waals surface area contributed by atoms with Gasteiger partial charge in [-0.25, -0.2) is 0 Å². The fraction of sp³-hybridized carbons (Fsp3) is 0.421. The van der Waals surface area contributed by atoms with Gasteiger partial charge in [0, 0.05) is 12.6 Å². The Kier molecular flexibility index (Phi) is 6.73. The molecule has 0 aliphatic heterocycles. The number of benzene rings is 1. The number of amides is 1. The summed E-state index contributed by atoms with van der Waals surface area (Å²) in [5, 5.41) is 2.92. The quantitative estimate of drug-likeness (QED) is 0.458. The van der Waals surface area contributed by atoms with Crippen LogP contribution in [0.3, 0.4) is 0 Å². The maximum atomic E-state index is 11.8. The lowest BCUT2D eigenvalue weighted by atomic mass is 9.97. The highest BCUT2D eigenvalue weighted by Crippen LogP contribution is 2.23. The molecule has 4 heteroatoms. The van der Waals surface area contributed by atoms with E-state index < -0.39 is 0 Å². The molecule has 0 bridgehead atoms. The fourth-order valence-corrected chi connectivity index (χ4v) is 2.67. The number of hydrogen-bond acceptors (Lipinski definition) is 3. The smallest absolute Gasteiger partial charge is 0.244 e. The van der Waals surface area contributed by atoms with E-state index in [-0.39, 0.29) is 5.91 Å². The number of carbonyl (C=O) groups is 1. The SMILES string of the molecule is CCOc1ccc(/C=C\C(=O)NCCC2=CCCCC2)cc1N. The lowest BCUT2D eigenvalue weighted by molar-refractivity contribution is -0.116. The van der Waals surface area contributed by atoms with Crippen molar-refractivity contribution in [1.82, 2.24) is 5.32 Å². The van der Waals surface area contributed by atoms with Gasteiger partial charge in [-0.15, -0.1) is 0 Å². The molecule has 2 rings (SSSR count). The lowest BCUT2D eigenvalue weighted by Gasteiger charge is -2.12. The predicted molar refractivity (Wildman–Crippen MR) is 95.2 cm³/mol. The van der Waals surface area contributed by atoms with E-state index in [0.717, 1.165) is 12.0 Å². The Morgan fingerprint density at radius 2 is 2.26 bits per heavy atom. The van der Waals surface area contributed by atoms with Crippen molar-refractivity contribution < 1.29 is 9.53 Å². The largest absolute Gasteiger partial charge is 0.492 e. The molecular weight excluding hydrogens is 288 g/mol. The van der Waals surface area contributed by atoms with Crippen LogP contribution in [0.25, 0.3) is 6.08 Å². The van der Waals surface area contributed by atoms with E-state index >= 15 is 0 Å². The number of nitrogens with one attached hydrogen (secondary N) is 1. The van der Waals surface area contributed by atoms with Gasteiger partial charge in [0.15, 0.2) is 0 Å². The zero-order valence-corrected chi connectivity index (χ0v) is 13.8. The molecule has 0 unspecified atom stereocenters. The van der Waals surface area contributed by atoms with Crippen LogP contribution in [0, 0.1) is 0 Å². The lowest BCUT2D eigenvalue weighted by Crippen LogP contribution is -2.22. The Morgan fingerprint density at radius 1 is 1.39 bits per heavy atom. The van der Waals surface area contributed by atoms with Crippen molar-refractivity contribution in [3.63, 3.8) is 0 Å². The number of allylic oxidation sites excluding steroid dienone is 1. The third-order valence-corrected chi connectivity index (χ3v) is 3.89. The Balaban J connectivity index is 1.79. The molecule has 124 valence electrons. The molecule has 23 heavy (non-hydrogen) atoms.